The maximum absolute atomic E-state index is 13.3. The van der Waals surface area contributed by atoms with Gasteiger partial charge in [0.05, 0.1) is 24.2 Å². The summed E-state index contributed by atoms with van der Waals surface area (Å²) in [6.07, 6.45) is 3.89. The highest BCUT2D eigenvalue weighted by atomic mass is 16.5. The number of nitrogens with zero attached hydrogens (tertiary/aromatic N) is 2. The molecule has 5 atom stereocenters. The minimum Gasteiger partial charge on any atom is -0.504 e. The van der Waals surface area contributed by atoms with Crippen LogP contribution in [0.5, 0.6) is 17.2 Å². The number of amides is 1. The van der Waals surface area contributed by atoms with Crippen molar-refractivity contribution >= 4 is 5.91 Å². The largest absolute Gasteiger partial charge is 0.504 e. The molecular weight excluding hydrogens is 468 g/mol. The number of aliphatic hydroxyl groups is 1. The first kappa shape index (κ1) is 23.9. The summed E-state index contributed by atoms with van der Waals surface area (Å²) in [6.45, 7) is 5.42. The highest BCUT2D eigenvalue weighted by molar-refractivity contribution is 5.94. The van der Waals surface area contributed by atoms with Crippen LogP contribution < -0.4 is 9.47 Å². The number of phenolic OH excluding ortho intramolecular Hbond substituents is 1. The predicted molar refractivity (Wildman–Crippen MR) is 139 cm³/mol. The molecule has 7 nitrogen and oxygen atoms in total. The number of carbonyl (C=O) groups is 1. The lowest BCUT2D eigenvalue weighted by atomic mass is 9.48. The first-order valence-electron chi connectivity index (χ1n) is 12.9. The van der Waals surface area contributed by atoms with Crippen molar-refractivity contribution in [1.82, 2.24) is 9.80 Å². The van der Waals surface area contributed by atoms with Crippen molar-refractivity contribution in [3.8, 4) is 29.1 Å². The normalized spacial score (nSPS) is 30.8. The molecule has 2 aliphatic carbocycles. The van der Waals surface area contributed by atoms with Gasteiger partial charge in [-0.3, -0.25) is 9.69 Å². The molecule has 2 aromatic carbocycles. The molecule has 2 heterocycles. The van der Waals surface area contributed by atoms with Crippen molar-refractivity contribution in [2.24, 2.45) is 0 Å². The number of methoxy groups -OCH3 is 1. The monoisotopic (exact) mass is 500 g/mol. The minimum atomic E-state index is -1.03. The first-order chi connectivity index (χ1) is 17.8. The Morgan fingerprint density at radius 3 is 2.97 bits per heavy atom. The van der Waals surface area contributed by atoms with Gasteiger partial charge >= 0.3 is 0 Å². The zero-order valence-electron chi connectivity index (χ0n) is 21.2. The SMILES string of the molecule is C=CCN1CC[C@]23c4c5ccc(O)c4O[C@H]2[C@@H](N(C)C(=O)C#Cc2cccc(OC)c2)CC[C@@]3(O)[C@H]1C5. The maximum atomic E-state index is 13.3. The Kier molecular flexibility index (Phi) is 5.52. The molecule has 0 radical (unpaired) electrons. The van der Waals surface area contributed by atoms with Gasteiger partial charge in [-0.15, -0.1) is 6.58 Å². The van der Waals surface area contributed by atoms with E-state index in [0.29, 0.717) is 49.3 Å². The van der Waals surface area contributed by atoms with Crippen LogP contribution in [-0.2, 0) is 16.6 Å². The zero-order chi connectivity index (χ0) is 25.9. The van der Waals surface area contributed by atoms with Crippen LogP contribution in [0.3, 0.4) is 0 Å². The average Bonchev–Trinajstić information content (AvgIpc) is 3.26. The van der Waals surface area contributed by atoms with Gasteiger partial charge in [0, 0.05) is 36.7 Å². The summed E-state index contributed by atoms with van der Waals surface area (Å²) in [5.41, 5.74) is 1.00. The van der Waals surface area contributed by atoms with Crippen molar-refractivity contribution in [3.63, 3.8) is 0 Å². The molecule has 6 rings (SSSR count). The van der Waals surface area contributed by atoms with E-state index in [1.165, 1.54) is 0 Å². The fraction of sp³-hybridized carbons (Fsp3) is 0.433. The molecule has 2 aromatic rings. The van der Waals surface area contributed by atoms with Gasteiger partial charge in [0.1, 0.15) is 11.9 Å². The standard InChI is InChI=1S/C30H32N2O5/c1-4-15-32-16-14-29-26-20-9-10-23(33)27(26)37-28(29)22(12-13-30(29,35)24(32)18-20)31(2)25(34)11-8-19-6-5-7-21(17-19)36-3/h4-7,9-10,17,22,24,28,33,35H,1,12-16,18H2,2-3H3/t22-,24+,28-,29-,30+/m0/s1. The number of hydrogen-bond acceptors (Lipinski definition) is 6. The number of carbonyl (C=O) groups excluding carboxylic acids is 1. The molecule has 37 heavy (non-hydrogen) atoms. The number of rotatable bonds is 4. The lowest BCUT2D eigenvalue weighted by molar-refractivity contribution is -0.197. The highest BCUT2D eigenvalue weighted by Gasteiger charge is 2.73. The molecule has 0 aromatic heterocycles. The van der Waals surface area contributed by atoms with Crippen LogP contribution in [0.25, 0.3) is 0 Å². The lowest BCUT2D eigenvalue weighted by Gasteiger charge is -2.64. The molecule has 1 saturated heterocycles. The second kappa shape index (κ2) is 8.54. The number of likely N-dealkylation sites (N-methyl/N-ethyl adjacent to an activating group) is 1. The van der Waals surface area contributed by atoms with Crippen molar-refractivity contribution in [2.75, 3.05) is 27.2 Å². The van der Waals surface area contributed by atoms with Gasteiger partial charge in [-0.2, -0.15) is 0 Å². The van der Waals surface area contributed by atoms with Gasteiger partial charge in [-0.05, 0) is 62.1 Å². The quantitative estimate of drug-likeness (QED) is 0.496. The number of benzene rings is 2. The van der Waals surface area contributed by atoms with Crippen LogP contribution in [0, 0.1) is 11.8 Å². The Bertz CT molecular complexity index is 1350. The molecule has 2 aliphatic heterocycles. The van der Waals surface area contributed by atoms with Crippen LogP contribution in [0.4, 0.5) is 0 Å². The van der Waals surface area contributed by atoms with Gasteiger partial charge in [0.2, 0.25) is 0 Å². The molecule has 2 bridgehead atoms. The van der Waals surface area contributed by atoms with Crippen molar-refractivity contribution in [1.29, 1.82) is 0 Å². The smallest absolute Gasteiger partial charge is 0.298 e. The third-order valence-electron chi connectivity index (χ3n) is 9.11. The van der Waals surface area contributed by atoms with Crippen molar-refractivity contribution in [3.05, 3.63) is 65.7 Å². The number of hydrogen-bond donors (Lipinski definition) is 2. The summed E-state index contributed by atoms with van der Waals surface area (Å²) in [5.74, 6) is 6.65. The van der Waals surface area contributed by atoms with Gasteiger partial charge in [-0.25, -0.2) is 0 Å². The average molecular weight is 501 g/mol. The van der Waals surface area contributed by atoms with Crippen molar-refractivity contribution < 1.29 is 24.5 Å². The van der Waals surface area contributed by atoms with Crippen LogP contribution in [0.15, 0.2) is 49.1 Å². The van der Waals surface area contributed by atoms with E-state index in [-0.39, 0.29) is 23.7 Å². The van der Waals surface area contributed by atoms with E-state index in [1.54, 1.807) is 31.2 Å². The Morgan fingerprint density at radius 2 is 2.19 bits per heavy atom. The molecule has 192 valence electrons. The molecule has 2 N–H and O–H groups in total. The molecular formula is C30H32N2O5. The van der Waals surface area contributed by atoms with Gasteiger partial charge in [0.15, 0.2) is 11.5 Å². The Hall–Kier alpha value is -3.47. The molecule has 1 spiro atoms. The minimum absolute atomic E-state index is 0.0804. The third-order valence-corrected chi connectivity index (χ3v) is 9.11. The summed E-state index contributed by atoms with van der Waals surface area (Å²) in [7, 11) is 3.35. The van der Waals surface area contributed by atoms with Gasteiger partial charge < -0.3 is 24.6 Å². The third kappa shape index (κ3) is 3.25. The van der Waals surface area contributed by atoms with Gasteiger partial charge in [0.25, 0.3) is 5.91 Å². The Morgan fingerprint density at radius 1 is 1.35 bits per heavy atom. The number of piperidine rings is 1. The zero-order valence-corrected chi connectivity index (χ0v) is 21.2. The second-order valence-corrected chi connectivity index (χ2v) is 10.6. The summed E-state index contributed by atoms with van der Waals surface area (Å²) >= 11 is 0. The molecule has 1 saturated carbocycles. The van der Waals surface area contributed by atoms with E-state index in [0.717, 1.165) is 17.7 Å². The Labute approximate surface area is 217 Å². The lowest BCUT2D eigenvalue weighted by Crippen LogP contribution is -2.78. The van der Waals surface area contributed by atoms with Crippen LogP contribution >= 0.6 is 0 Å². The molecule has 2 fully saturated rings. The highest BCUT2D eigenvalue weighted by Crippen LogP contribution is 2.65. The fourth-order valence-corrected chi connectivity index (χ4v) is 7.45. The summed E-state index contributed by atoms with van der Waals surface area (Å²) < 4.78 is 11.8. The second-order valence-electron chi connectivity index (χ2n) is 10.6. The topological polar surface area (TPSA) is 82.5 Å². The molecule has 1 amide bonds. The fourth-order valence-electron chi connectivity index (χ4n) is 7.45. The number of phenols is 1. The van der Waals surface area contributed by atoms with E-state index >= 15 is 0 Å². The molecule has 4 aliphatic rings. The van der Waals surface area contributed by atoms with Gasteiger partial charge in [-0.1, -0.05) is 24.1 Å². The summed E-state index contributed by atoms with van der Waals surface area (Å²) in [5, 5.41) is 23.2. The van der Waals surface area contributed by atoms with E-state index in [4.69, 9.17) is 9.47 Å². The molecule has 7 heteroatoms. The number of ether oxygens (including phenoxy) is 2. The first-order valence-corrected chi connectivity index (χ1v) is 12.9. The van der Waals surface area contributed by atoms with Crippen LogP contribution in [0.1, 0.15) is 36.0 Å². The number of likely N-dealkylation sites (tertiary alicyclic amines) is 1. The molecule has 0 unspecified atom stereocenters. The van der Waals surface area contributed by atoms with E-state index in [1.807, 2.05) is 30.3 Å². The van der Waals surface area contributed by atoms with Crippen molar-refractivity contribution in [2.45, 2.75) is 54.9 Å². The maximum Gasteiger partial charge on any atom is 0.298 e. The predicted octanol–water partition coefficient (Wildman–Crippen LogP) is 2.62. The van der Waals surface area contributed by atoms with E-state index in [9.17, 15) is 15.0 Å². The Balaban J connectivity index is 1.37. The summed E-state index contributed by atoms with van der Waals surface area (Å²) in [4.78, 5) is 17.3. The summed E-state index contributed by atoms with van der Waals surface area (Å²) in [6, 6.07) is 10.6. The number of aromatic hydroxyl groups is 1. The van der Waals surface area contributed by atoms with Crippen LogP contribution in [-0.4, -0.2) is 77.0 Å². The van der Waals surface area contributed by atoms with Crippen LogP contribution in [0.2, 0.25) is 0 Å². The van der Waals surface area contributed by atoms with E-state index in [2.05, 4.69) is 23.3 Å². The van der Waals surface area contributed by atoms with E-state index < -0.39 is 17.1 Å².